The van der Waals surface area contributed by atoms with Crippen LogP contribution in [0.4, 0.5) is 0 Å². The second kappa shape index (κ2) is 7.16. The quantitative estimate of drug-likeness (QED) is 0.876. The van der Waals surface area contributed by atoms with Crippen LogP contribution in [0.5, 0.6) is 5.75 Å². The Morgan fingerprint density at radius 3 is 2.76 bits per heavy atom. The molecule has 21 heavy (non-hydrogen) atoms. The van der Waals surface area contributed by atoms with E-state index in [0.717, 1.165) is 24.2 Å². The van der Waals surface area contributed by atoms with E-state index in [0.29, 0.717) is 22.2 Å². The van der Waals surface area contributed by atoms with Gasteiger partial charge in [0.1, 0.15) is 0 Å². The minimum absolute atomic E-state index is 0.243. The standard InChI is InChI=1S/C15H19Cl2N3O/c1-3-6-20-15(14(21-2)9-19-20)13(18)7-10-4-5-11(16)8-12(10)17/h4-5,8-9,13H,3,6-7,18H2,1-2H3. The monoisotopic (exact) mass is 327 g/mol. The number of hydrogen-bond acceptors (Lipinski definition) is 3. The number of nitrogens with two attached hydrogens (primary N) is 1. The summed E-state index contributed by atoms with van der Waals surface area (Å²) in [6.07, 6.45) is 3.28. The molecule has 1 atom stereocenters. The maximum absolute atomic E-state index is 6.35. The Hall–Kier alpha value is -1.23. The highest BCUT2D eigenvalue weighted by atomic mass is 35.5. The normalized spacial score (nSPS) is 12.4. The lowest BCUT2D eigenvalue weighted by Crippen LogP contribution is -2.19. The van der Waals surface area contributed by atoms with Crippen molar-refractivity contribution in [2.24, 2.45) is 5.73 Å². The molecule has 0 saturated heterocycles. The molecule has 0 fully saturated rings. The predicted molar refractivity (Wildman–Crippen MR) is 86.2 cm³/mol. The zero-order valence-corrected chi connectivity index (χ0v) is 13.7. The lowest BCUT2D eigenvalue weighted by molar-refractivity contribution is 0.400. The van der Waals surface area contributed by atoms with Crippen LogP contribution in [0.3, 0.4) is 0 Å². The fourth-order valence-corrected chi connectivity index (χ4v) is 2.81. The molecule has 0 spiro atoms. The molecule has 0 radical (unpaired) electrons. The average molecular weight is 328 g/mol. The molecule has 1 unspecified atom stereocenters. The Bertz CT molecular complexity index is 613. The summed E-state index contributed by atoms with van der Waals surface area (Å²) in [4.78, 5) is 0. The molecule has 6 heteroatoms. The summed E-state index contributed by atoms with van der Waals surface area (Å²) in [6.45, 7) is 2.90. The summed E-state index contributed by atoms with van der Waals surface area (Å²) in [7, 11) is 1.62. The number of aryl methyl sites for hydroxylation is 1. The molecule has 2 rings (SSSR count). The molecule has 0 saturated carbocycles. The number of methoxy groups -OCH3 is 1. The van der Waals surface area contributed by atoms with Gasteiger partial charge in [-0.2, -0.15) is 5.10 Å². The van der Waals surface area contributed by atoms with Gasteiger partial charge in [-0.05, 0) is 30.5 Å². The number of halogens is 2. The van der Waals surface area contributed by atoms with Crippen molar-refractivity contribution in [3.05, 3.63) is 45.7 Å². The second-order valence-corrected chi connectivity index (χ2v) is 5.71. The fraction of sp³-hybridized carbons (Fsp3) is 0.400. The number of aromatic nitrogens is 2. The largest absolute Gasteiger partial charge is 0.493 e. The van der Waals surface area contributed by atoms with E-state index in [1.165, 1.54) is 0 Å². The SMILES string of the molecule is CCCn1ncc(OC)c1C(N)Cc1ccc(Cl)cc1Cl. The van der Waals surface area contributed by atoms with E-state index in [2.05, 4.69) is 12.0 Å². The minimum Gasteiger partial charge on any atom is -0.493 e. The van der Waals surface area contributed by atoms with Gasteiger partial charge in [0.25, 0.3) is 0 Å². The number of rotatable bonds is 6. The van der Waals surface area contributed by atoms with Crippen LogP contribution < -0.4 is 10.5 Å². The highest BCUT2D eigenvalue weighted by molar-refractivity contribution is 6.35. The van der Waals surface area contributed by atoms with Gasteiger partial charge < -0.3 is 10.5 Å². The Morgan fingerprint density at radius 2 is 2.14 bits per heavy atom. The molecule has 4 nitrogen and oxygen atoms in total. The summed E-state index contributed by atoms with van der Waals surface area (Å²) >= 11 is 12.1. The summed E-state index contributed by atoms with van der Waals surface area (Å²) in [5.41, 5.74) is 8.21. The Balaban J connectivity index is 2.27. The molecule has 1 aromatic heterocycles. The van der Waals surface area contributed by atoms with Crippen molar-refractivity contribution in [2.75, 3.05) is 7.11 Å². The van der Waals surface area contributed by atoms with Crippen LogP contribution >= 0.6 is 23.2 Å². The van der Waals surface area contributed by atoms with Gasteiger partial charge in [-0.3, -0.25) is 4.68 Å². The van der Waals surface area contributed by atoms with E-state index in [-0.39, 0.29) is 6.04 Å². The molecule has 1 heterocycles. The topological polar surface area (TPSA) is 53.1 Å². The predicted octanol–water partition coefficient (Wildman–Crippen LogP) is 3.85. The van der Waals surface area contributed by atoms with E-state index < -0.39 is 0 Å². The van der Waals surface area contributed by atoms with Gasteiger partial charge in [0, 0.05) is 16.6 Å². The van der Waals surface area contributed by atoms with Gasteiger partial charge in [-0.25, -0.2) is 0 Å². The molecule has 0 aliphatic rings. The third-order valence-corrected chi connectivity index (χ3v) is 3.89. The first-order valence-electron chi connectivity index (χ1n) is 6.86. The molecule has 0 amide bonds. The van der Waals surface area contributed by atoms with Crippen molar-refractivity contribution in [2.45, 2.75) is 32.4 Å². The third-order valence-electron chi connectivity index (χ3n) is 3.31. The second-order valence-electron chi connectivity index (χ2n) is 4.87. The molecule has 0 bridgehead atoms. The molecule has 2 N–H and O–H groups in total. The first-order chi connectivity index (χ1) is 10.1. The Morgan fingerprint density at radius 1 is 1.38 bits per heavy atom. The van der Waals surface area contributed by atoms with Crippen molar-refractivity contribution >= 4 is 23.2 Å². The van der Waals surface area contributed by atoms with E-state index >= 15 is 0 Å². The zero-order valence-electron chi connectivity index (χ0n) is 12.1. The van der Waals surface area contributed by atoms with E-state index in [9.17, 15) is 0 Å². The van der Waals surface area contributed by atoms with Crippen LogP contribution in [0.25, 0.3) is 0 Å². The highest BCUT2D eigenvalue weighted by Crippen LogP contribution is 2.29. The van der Waals surface area contributed by atoms with Gasteiger partial charge in [0.2, 0.25) is 0 Å². The van der Waals surface area contributed by atoms with Crippen LogP contribution in [0.1, 0.15) is 30.6 Å². The van der Waals surface area contributed by atoms with Gasteiger partial charge in [0.05, 0.1) is 25.0 Å². The lowest BCUT2D eigenvalue weighted by atomic mass is 10.0. The van der Waals surface area contributed by atoms with Crippen molar-refractivity contribution in [3.8, 4) is 5.75 Å². The first kappa shape index (κ1) is 16.1. The molecule has 0 aliphatic carbocycles. The smallest absolute Gasteiger partial charge is 0.161 e. The van der Waals surface area contributed by atoms with E-state index in [1.54, 1.807) is 19.4 Å². The average Bonchev–Trinajstić information content (AvgIpc) is 2.85. The third kappa shape index (κ3) is 3.70. The van der Waals surface area contributed by atoms with Crippen molar-refractivity contribution in [3.63, 3.8) is 0 Å². The lowest BCUT2D eigenvalue weighted by Gasteiger charge is -2.16. The van der Waals surface area contributed by atoms with Crippen LogP contribution in [0.15, 0.2) is 24.4 Å². The van der Waals surface area contributed by atoms with Crippen LogP contribution in [0, 0.1) is 0 Å². The summed E-state index contributed by atoms with van der Waals surface area (Å²) < 4.78 is 7.26. The van der Waals surface area contributed by atoms with E-state index in [1.807, 2.05) is 16.8 Å². The number of ether oxygens (including phenoxy) is 1. The molecular weight excluding hydrogens is 309 g/mol. The number of hydrogen-bond donors (Lipinski definition) is 1. The first-order valence-corrected chi connectivity index (χ1v) is 7.61. The van der Waals surface area contributed by atoms with Crippen molar-refractivity contribution in [1.82, 2.24) is 9.78 Å². The van der Waals surface area contributed by atoms with Crippen molar-refractivity contribution < 1.29 is 4.74 Å². The van der Waals surface area contributed by atoms with E-state index in [4.69, 9.17) is 33.7 Å². The Kier molecular flexibility index (Phi) is 5.51. The molecule has 2 aromatic rings. The summed E-state index contributed by atoms with van der Waals surface area (Å²) in [6, 6.07) is 5.20. The zero-order chi connectivity index (χ0) is 15.4. The number of benzene rings is 1. The highest BCUT2D eigenvalue weighted by Gasteiger charge is 2.19. The summed E-state index contributed by atoms with van der Waals surface area (Å²) in [5, 5.41) is 5.57. The minimum atomic E-state index is -0.243. The molecule has 1 aromatic carbocycles. The summed E-state index contributed by atoms with van der Waals surface area (Å²) in [5.74, 6) is 0.709. The Labute approximate surface area is 134 Å². The van der Waals surface area contributed by atoms with Crippen LogP contribution in [-0.4, -0.2) is 16.9 Å². The number of nitrogens with zero attached hydrogens (tertiary/aromatic N) is 2. The maximum atomic E-state index is 6.35. The van der Waals surface area contributed by atoms with Crippen LogP contribution in [0.2, 0.25) is 10.0 Å². The van der Waals surface area contributed by atoms with Crippen molar-refractivity contribution in [1.29, 1.82) is 0 Å². The molecule has 114 valence electrons. The van der Waals surface area contributed by atoms with Gasteiger partial charge >= 0.3 is 0 Å². The van der Waals surface area contributed by atoms with Crippen LogP contribution in [-0.2, 0) is 13.0 Å². The fourth-order valence-electron chi connectivity index (χ4n) is 2.32. The van der Waals surface area contributed by atoms with Gasteiger partial charge in [-0.15, -0.1) is 0 Å². The van der Waals surface area contributed by atoms with Gasteiger partial charge in [-0.1, -0.05) is 36.2 Å². The molecular formula is C15H19Cl2N3O. The molecule has 0 aliphatic heterocycles. The van der Waals surface area contributed by atoms with Gasteiger partial charge in [0.15, 0.2) is 5.75 Å². The maximum Gasteiger partial charge on any atom is 0.161 e.